The Hall–Kier alpha value is -2.01. The molecule has 2 aliphatic carbocycles. The van der Waals surface area contributed by atoms with E-state index in [4.69, 9.17) is 0 Å². The molecule has 0 amide bonds. The van der Waals surface area contributed by atoms with E-state index in [0.29, 0.717) is 17.6 Å². The molecule has 0 aliphatic heterocycles. The van der Waals surface area contributed by atoms with Gasteiger partial charge in [-0.1, -0.05) is 64.4 Å². The maximum absolute atomic E-state index is 14.7. The minimum absolute atomic E-state index is 0. The number of hydrogen-bond acceptors (Lipinski definition) is 0. The SMILES string of the molecule is CC(C)=c1ccc2c(c1C1=C(c3c(F)c(F)c(F)c(F)c3F)C=CC1)[C-]=c1ccccc1=2.[Cl-].[Cl-].[Zr+3]. The molecule has 0 unspecified atom stereocenters. The minimum atomic E-state index is -2.16. The van der Waals surface area contributed by atoms with Crippen molar-refractivity contribution in [3.05, 3.63) is 115 Å². The van der Waals surface area contributed by atoms with Gasteiger partial charge in [-0.15, -0.1) is 33.4 Å². The zero-order valence-corrected chi connectivity index (χ0v) is 22.4. The van der Waals surface area contributed by atoms with Crippen LogP contribution in [0.4, 0.5) is 22.0 Å². The minimum Gasteiger partial charge on any atom is -1.00 e. The summed E-state index contributed by atoms with van der Waals surface area (Å²) in [4.78, 5) is 0. The van der Waals surface area contributed by atoms with E-state index in [9.17, 15) is 22.0 Å². The second-order valence-electron chi connectivity index (χ2n) is 8.02. The Balaban J connectivity index is 0.00000144. The number of hydrogen-bond donors (Lipinski definition) is 0. The van der Waals surface area contributed by atoms with Gasteiger partial charge >= 0.3 is 26.2 Å². The summed E-state index contributed by atoms with van der Waals surface area (Å²) < 4.78 is 70.9. The summed E-state index contributed by atoms with van der Waals surface area (Å²) in [6.07, 6.45) is 6.76. The summed E-state index contributed by atoms with van der Waals surface area (Å²) in [5.74, 6) is -9.73. The first kappa shape index (κ1) is 29.2. The van der Waals surface area contributed by atoms with E-state index in [1.165, 1.54) is 6.08 Å². The van der Waals surface area contributed by atoms with Crippen molar-refractivity contribution in [2.75, 3.05) is 0 Å². The Morgan fingerprint density at radius 2 is 1.34 bits per heavy atom. The van der Waals surface area contributed by atoms with Crippen molar-refractivity contribution in [2.45, 2.75) is 20.3 Å². The van der Waals surface area contributed by atoms with Gasteiger partial charge in [-0.05, 0) is 25.8 Å². The van der Waals surface area contributed by atoms with Crippen molar-refractivity contribution in [3.8, 4) is 0 Å². The molecule has 3 aromatic carbocycles. The van der Waals surface area contributed by atoms with E-state index in [2.05, 4.69) is 6.08 Å². The van der Waals surface area contributed by atoms with Crippen LogP contribution in [0.15, 0.2) is 48.6 Å². The topological polar surface area (TPSA) is 0 Å². The average molecular weight is 598 g/mol. The van der Waals surface area contributed by atoms with E-state index < -0.39 is 34.6 Å². The van der Waals surface area contributed by atoms with Crippen LogP contribution in [0.3, 0.4) is 0 Å². The molecule has 0 heterocycles. The fourth-order valence-electron chi connectivity index (χ4n) is 4.47. The second-order valence-corrected chi connectivity index (χ2v) is 8.02. The zero-order chi connectivity index (χ0) is 22.7. The third-order valence-corrected chi connectivity index (χ3v) is 5.93. The van der Waals surface area contributed by atoms with Gasteiger partial charge < -0.3 is 24.8 Å². The molecule has 35 heavy (non-hydrogen) atoms. The summed E-state index contributed by atoms with van der Waals surface area (Å²) in [5.41, 5.74) is 2.00. The molecule has 0 saturated carbocycles. The van der Waals surface area contributed by atoms with Crippen LogP contribution in [0.25, 0.3) is 22.8 Å². The van der Waals surface area contributed by atoms with Crippen molar-refractivity contribution in [3.63, 3.8) is 0 Å². The molecule has 177 valence electrons. The van der Waals surface area contributed by atoms with Gasteiger partial charge in [0.15, 0.2) is 23.3 Å². The van der Waals surface area contributed by atoms with Gasteiger partial charge in [0.2, 0.25) is 5.82 Å². The van der Waals surface area contributed by atoms with Crippen molar-refractivity contribution in [1.82, 2.24) is 0 Å². The number of rotatable bonds is 2. The number of halogens is 7. The summed E-state index contributed by atoms with van der Waals surface area (Å²) in [7, 11) is 0. The molecule has 0 saturated heterocycles. The molecule has 0 N–H and O–H groups in total. The first-order valence-electron chi connectivity index (χ1n) is 10.1. The first-order chi connectivity index (χ1) is 15.3. The fraction of sp³-hybridized carbons (Fsp3) is 0.111. The van der Waals surface area contributed by atoms with Gasteiger partial charge in [-0.2, -0.15) is 0 Å². The van der Waals surface area contributed by atoms with E-state index in [-0.39, 0.29) is 56.6 Å². The van der Waals surface area contributed by atoms with Gasteiger partial charge in [-0.25, -0.2) is 22.0 Å². The van der Waals surface area contributed by atoms with Crippen LogP contribution in [0.5, 0.6) is 0 Å². The Bertz CT molecular complexity index is 1590. The zero-order valence-electron chi connectivity index (χ0n) is 18.5. The maximum Gasteiger partial charge on any atom is 3.00 e. The summed E-state index contributed by atoms with van der Waals surface area (Å²) >= 11 is 0. The molecule has 0 fully saturated rings. The summed E-state index contributed by atoms with van der Waals surface area (Å²) in [6.45, 7) is 3.82. The van der Waals surface area contributed by atoms with E-state index in [1.54, 1.807) is 6.08 Å². The van der Waals surface area contributed by atoms with Crippen LogP contribution < -0.4 is 35.3 Å². The summed E-state index contributed by atoms with van der Waals surface area (Å²) in [6, 6.07) is 11.6. The van der Waals surface area contributed by atoms with E-state index in [1.807, 2.05) is 50.2 Å². The van der Waals surface area contributed by atoms with Gasteiger partial charge in [0.1, 0.15) is 0 Å². The standard InChI is InChI=1S/C27H16F5.2ClH.Zr/c1-13(2)15-10-11-17-16-7-4-3-6-14(16)12-20(17)21(15)18-8-5-9-19(18)22-23(28)25(30)27(32)26(31)24(22)29;;;/h3-7,9-11H,8H2,1-2H3;2*1H;/q-1;;;+3/p-2. The largest absolute Gasteiger partial charge is 3.00 e. The second kappa shape index (κ2) is 10.9. The predicted molar refractivity (Wildman–Crippen MR) is 114 cm³/mol. The number of fused-ring (bicyclic) bond motifs is 2. The molecule has 0 bridgehead atoms. The molecule has 0 nitrogen and oxygen atoms in total. The van der Waals surface area contributed by atoms with Gasteiger partial charge in [-0.3, -0.25) is 0 Å². The predicted octanol–water partition coefficient (Wildman–Crippen LogP) is -0.245. The quantitative estimate of drug-likeness (QED) is 0.130. The van der Waals surface area contributed by atoms with Crippen LogP contribution in [0.1, 0.15) is 37.0 Å². The van der Waals surface area contributed by atoms with Crippen LogP contribution in [0, 0.1) is 39.5 Å². The van der Waals surface area contributed by atoms with E-state index >= 15 is 0 Å². The molecule has 1 radical (unpaired) electrons. The number of allylic oxidation sites excluding steroid dienone is 4. The monoisotopic (exact) mass is 595 g/mol. The van der Waals surface area contributed by atoms with Crippen LogP contribution in [-0.4, -0.2) is 0 Å². The summed E-state index contributed by atoms with van der Waals surface area (Å²) in [5, 5.41) is 3.62. The Morgan fingerprint density at radius 3 is 1.97 bits per heavy atom. The Morgan fingerprint density at radius 1 is 0.743 bits per heavy atom. The van der Waals surface area contributed by atoms with Crippen LogP contribution in [0.2, 0.25) is 0 Å². The molecule has 5 rings (SSSR count). The van der Waals surface area contributed by atoms with Gasteiger partial charge in [0.25, 0.3) is 0 Å². The molecular weight excluding hydrogens is 581 g/mol. The first-order valence-corrected chi connectivity index (χ1v) is 10.1. The van der Waals surface area contributed by atoms with Crippen LogP contribution >= 0.6 is 0 Å². The maximum atomic E-state index is 14.7. The molecule has 0 atom stereocenters. The smallest absolute Gasteiger partial charge is 1.00 e. The van der Waals surface area contributed by atoms with Gasteiger partial charge in [0.05, 0.1) is 5.56 Å². The van der Waals surface area contributed by atoms with Gasteiger partial charge in [0, 0.05) is 0 Å². The van der Waals surface area contributed by atoms with E-state index in [0.717, 1.165) is 32.0 Å². The molecule has 0 aromatic heterocycles. The molecule has 8 heteroatoms. The van der Waals surface area contributed by atoms with Crippen molar-refractivity contribution in [1.29, 1.82) is 0 Å². The van der Waals surface area contributed by atoms with Crippen molar-refractivity contribution >= 4 is 22.8 Å². The molecule has 3 aromatic rings. The Kier molecular flexibility index (Phi) is 9.14. The molecule has 0 spiro atoms. The normalized spacial score (nSPS) is 12.8. The average Bonchev–Trinajstić information content (AvgIpc) is 3.40. The Labute approximate surface area is 230 Å². The third-order valence-electron chi connectivity index (χ3n) is 5.93. The fourth-order valence-corrected chi connectivity index (χ4v) is 4.47. The van der Waals surface area contributed by atoms with Crippen molar-refractivity contribution in [2.24, 2.45) is 0 Å². The molecule has 2 aliphatic rings. The van der Waals surface area contributed by atoms with Crippen molar-refractivity contribution < 1.29 is 73.0 Å². The third kappa shape index (κ3) is 4.50. The number of benzene rings is 3. The molecular formula is C27H16Cl2F5Zr. The van der Waals surface area contributed by atoms with Crippen LogP contribution in [-0.2, 0) is 26.2 Å².